The number of aromatic nitrogens is 4. The molecule has 10 heteroatoms. The lowest BCUT2D eigenvalue weighted by molar-refractivity contribution is -0.133. The summed E-state index contributed by atoms with van der Waals surface area (Å²) >= 11 is 0. The molecule has 2 amide bonds. The largest absolute Gasteiger partial charge is 0.423 e. The summed E-state index contributed by atoms with van der Waals surface area (Å²) in [6.07, 6.45) is 8.97. The molecule has 1 spiro atoms. The molecule has 1 unspecified atom stereocenters. The second-order valence-corrected chi connectivity index (χ2v) is 10.6. The molecule has 2 aromatic rings. The highest BCUT2D eigenvalue weighted by Crippen LogP contribution is 2.49. The first kappa shape index (κ1) is 23.8. The maximum absolute atomic E-state index is 13.2. The SMILES string of the molecule is CC(C)c1nnc(C2CC3(CCN(C(=O)c4ccncn4)CC3)CN2CC(=O)N2CCCCC2)o1. The van der Waals surface area contributed by atoms with Gasteiger partial charge in [-0.15, -0.1) is 10.2 Å². The van der Waals surface area contributed by atoms with Gasteiger partial charge in [0.15, 0.2) is 0 Å². The van der Waals surface area contributed by atoms with E-state index in [9.17, 15) is 9.59 Å². The molecule has 0 aromatic carbocycles. The van der Waals surface area contributed by atoms with E-state index >= 15 is 0 Å². The third kappa shape index (κ3) is 5.07. The quantitative estimate of drug-likeness (QED) is 0.641. The van der Waals surface area contributed by atoms with Gasteiger partial charge in [-0.05, 0) is 50.0 Å². The van der Waals surface area contributed by atoms with Crippen LogP contribution in [0.5, 0.6) is 0 Å². The van der Waals surface area contributed by atoms with Gasteiger partial charge in [0.2, 0.25) is 17.7 Å². The first-order chi connectivity index (χ1) is 16.9. The summed E-state index contributed by atoms with van der Waals surface area (Å²) in [7, 11) is 0. The molecular formula is C25H35N7O3. The monoisotopic (exact) mass is 481 g/mol. The van der Waals surface area contributed by atoms with Gasteiger partial charge in [0.05, 0.1) is 12.6 Å². The van der Waals surface area contributed by atoms with Crippen molar-refractivity contribution >= 4 is 11.8 Å². The Balaban J connectivity index is 1.30. The van der Waals surface area contributed by atoms with Crippen LogP contribution in [0.25, 0.3) is 0 Å². The third-order valence-electron chi connectivity index (χ3n) is 7.80. The smallest absolute Gasteiger partial charge is 0.272 e. The number of carbonyl (C=O) groups excluding carboxylic acids is 2. The molecule has 188 valence electrons. The number of hydrogen-bond acceptors (Lipinski definition) is 8. The van der Waals surface area contributed by atoms with Gasteiger partial charge < -0.3 is 14.2 Å². The Morgan fingerprint density at radius 3 is 2.51 bits per heavy atom. The van der Waals surface area contributed by atoms with Gasteiger partial charge >= 0.3 is 0 Å². The van der Waals surface area contributed by atoms with Crippen molar-refractivity contribution in [3.8, 4) is 0 Å². The predicted molar refractivity (Wildman–Crippen MR) is 127 cm³/mol. The fourth-order valence-corrected chi connectivity index (χ4v) is 5.71. The Morgan fingerprint density at radius 2 is 1.86 bits per heavy atom. The van der Waals surface area contributed by atoms with E-state index in [1.807, 2.05) is 23.6 Å². The normalized spacial score (nSPS) is 22.8. The van der Waals surface area contributed by atoms with E-state index in [0.717, 1.165) is 51.7 Å². The van der Waals surface area contributed by atoms with Crippen molar-refractivity contribution in [3.63, 3.8) is 0 Å². The lowest BCUT2D eigenvalue weighted by Crippen LogP contribution is -2.46. The summed E-state index contributed by atoms with van der Waals surface area (Å²) in [5.74, 6) is 1.54. The average Bonchev–Trinajstić information content (AvgIpc) is 3.51. The lowest BCUT2D eigenvalue weighted by Gasteiger charge is -2.39. The van der Waals surface area contributed by atoms with Crippen LogP contribution in [0.15, 0.2) is 23.0 Å². The second kappa shape index (κ2) is 10.0. The molecule has 1 atom stereocenters. The summed E-state index contributed by atoms with van der Waals surface area (Å²) < 4.78 is 6.07. The second-order valence-electron chi connectivity index (χ2n) is 10.6. The Labute approximate surface area is 206 Å². The lowest BCUT2D eigenvalue weighted by atomic mass is 9.76. The van der Waals surface area contributed by atoms with Crippen molar-refractivity contribution in [1.82, 2.24) is 34.9 Å². The minimum Gasteiger partial charge on any atom is -0.423 e. The fourth-order valence-electron chi connectivity index (χ4n) is 5.71. The molecule has 0 saturated carbocycles. The summed E-state index contributed by atoms with van der Waals surface area (Å²) in [5, 5.41) is 8.65. The van der Waals surface area contributed by atoms with E-state index in [-0.39, 0.29) is 29.2 Å². The van der Waals surface area contributed by atoms with Crippen LogP contribution in [0.2, 0.25) is 0 Å². The number of likely N-dealkylation sites (tertiary alicyclic amines) is 3. The van der Waals surface area contributed by atoms with Crippen LogP contribution in [0.4, 0.5) is 0 Å². The van der Waals surface area contributed by atoms with Crippen molar-refractivity contribution in [2.75, 3.05) is 39.3 Å². The van der Waals surface area contributed by atoms with E-state index in [0.29, 0.717) is 37.1 Å². The molecule has 0 N–H and O–H groups in total. The van der Waals surface area contributed by atoms with Crippen LogP contribution >= 0.6 is 0 Å². The van der Waals surface area contributed by atoms with Gasteiger partial charge in [0.25, 0.3) is 5.91 Å². The molecule has 0 bridgehead atoms. The zero-order valence-corrected chi connectivity index (χ0v) is 20.7. The number of nitrogens with zero attached hydrogens (tertiary/aromatic N) is 7. The van der Waals surface area contributed by atoms with Crippen molar-refractivity contribution in [2.45, 2.75) is 64.3 Å². The first-order valence-electron chi connectivity index (χ1n) is 12.8. The third-order valence-corrected chi connectivity index (χ3v) is 7.80. The standard InChI is InChI=1S/C25H35N7O3/c1-18(2)22-28-29-23(35-22)20-14-25(16-32(20)15-21(33)30-10-4-3-5-11-30)7-12-31(13-8-25)24(34)19-6-9-26-17-27-19/h6,9,17-18,20H,3-5,7-8,10-16H2,1-2H3. The predicted octanol–water partition coefficient (Wildman–Crippen LogP) is 2.66. The molecule has 5 rings (SSSR count). The molecule has 3 saturated heterocycles. The van der Waals surface area contributed by atoms with Gasteiger partial charge in [-0.25, -0.2) is 9.97 Å². The van der Waals surface area contributed by atoms with Crippen LogP contribution in [-0.2, 0) is 4.79 Å². The molecule has 2 aromatic heterocycles. The van der Waals surface area contributed by atoms with E-state index < -0.39 is 0 Å². The minimum absolute atomic E-state index is 0.0156. The molecule has 10 nitrogen and oxygen atoms in total. The number of carbonyl (C=O) groups is 2. The number of amides is 2. The summed E-state index contributed by atoms with van der Waals surface area (Å²) in [6.45, 7) is 8.28. The molecule has 3 aliphatic rings. The van der Waals surface area contributed by atoms with Gasteiger partial charge in [-0.3, -0.25) is 14.5 Å². The average molecular weight is 482 g/mol. The van der Waals surface area contributed by atoms with Gasteiger partial charge in [-0.1, -0.05) is 13.8 Å². The number of hydrogen-bond donors (Lipinski definition) is 0. The van der Waals surface area contributed by atoms with Crippen LogP contribution < -0.4 is 0 Å². The zero-order chi connectivity index (χ0) is 24.4. The van der Waals surface area contributed by atoms with Crippen molar-refractivity contribution in [1.29, 1.82) is 0 Å². The molecule has 3 fully saturated rings. The summed E-state index contributed by atoms with van der Waals surface area (Å²) in [6, 6.07) is 1.58. The van der Waals surface area contributed by atoms with Crippen LogP contribution in [0.1, 0.15) is 86.6 Å². The van der Waals surface area contributed by atoms with Crippen molar-refractivity contribution in [2.24, 2.45) is 5.41 Å². The highest BCUT2D eigenvalue weighted by atomic mass is 16.4. The zero-order valence-electron chi connectivity index (χ0n) is 20.7. The maximum atomic E-state index is 13.2. The van der Waals surface area contributed by atoms with Gasteiger partial charge in [0.1, 0.15) is 12.0 Å². The summed E-state index contributed by atoms with van der Waals surface area (Å²) in [4.78, 5) is 40.2. The maximum Gasteiger partial charge on any atom is 0.272 e. The molecule has 0 radical (unpaired) electrons. The van der Waals surface area contributed by atoms with E-state index in [1.54, 1.807) is 12.3 Å². The Kier molecular flexibility index (Phi) is 6.82. The number of piperidine rings is 2. The van der Waals surface area contributed by atoms with E-state index in [1.165, 1.54) is 12.7 Å². The highest BCUT2D eigenvalue weighted by molar-refractivity contribution is 5.92. The number of rotatable bonds is 5. The fraction of sp³-hybridized carbons (Fsp3) is 0.680. The van der Waals surface area contributed by atoms with E-state index in [4.69, 9.17) is 4.42 Å². The molecule has 5 heterocycles. The van der Waals surface area contributed by atoms with E-state index in [2.05, 4.69) is 25.1 Å². The highest BCUT2D eigenvalue weighted by Gasteiger charge is 2.49. The van der Waals surface area contributed by atoms with Gasteiger partial charge in [-0.2, -0.15) is 0 Å². The van der Waals surface area contributed by atoms with Crippen molar-refractivity contribution < 1.29 is 14.0 Å². The van der Waals surface area contributed by atoms with Crippen molar-refractivity contribution in [3.05, 3.63) is 36.1 Å². The molecule has 3 aliphatic heterocycles. The first-order valence-corrected chi connectivity index (χ1v) is 12.8. The van der Waals surface area contributed by atoms with Crippen LogP contribution in [0.3, 0.4) is 0 Å². The topological polar surface area (TPSA) is 109 Å². The molecular weight excluding hydrogens is 446 g/mol. The molecule has 0 aliphatic carbocycles. The van der Waals surface area contributed by atoms with Crippen LogP contribution in [0, 0.1) is 5.41 Å². The minimum atomic E-state index is -0.0761. The van der Waals surface area contributed by atoms with Gasteiger partial charge in [0, 0.05) is 44.8 Å². The summed E-state index contributed by atoms with van der Waals surface area (Å²) in [5.41, 5.74) is 0.447. The Morgan fingerprint density at radius 1 is 1.09 bits per heavy atom. The van der Waals surface area contributed by atoms with Crippen LogP contribution in [-0.4, -0.2) is 85.9 Å². The molecule has 35 heavy (non-hydrogen) atoms. The Hall–Kier alpha value is -2.88. The Bertz CT molecular complexity index is 1030.